The van der Waals surface area contributed by atoms with E-state index in [2.05, 4.69) is 23.2 Å². The fourth-order valence-corrected chi connectivity index (χ4v) is 5.43. The molecule has 0 bridgehead atoms. The van der Waals surface area contributed by atoms with Crippen LogP contribution in [0.4, 0.5) is 0 Å². The van der Waals surface area contributed by atoms with Crippen LogP contribution in [0.3, 0.4) is 0 Å². The van der Waals surface area contributed by atoms with Gasteiger partial charge in [0.15, 0.2) is 9.84 Å². The lowest BCUT2D eigenvalue weighted by Crippen LogP contribution is -2.03. The van der Waals surface area contributed by atoms with Crippen molar-refractivity contribution >= 4 is 32.2 Å². The number of sulfone groups is 1. The predicted molar refractivity (Wildman–Crippen MR) is 136 cm³/mol. The lowest BCUT2D eigenvalue weighted by molar-refractivity contribution is 0.278. The Balaban J connectivity index is 1.59. The molecular formula is C27H21ClN2O3S. The number of hydrogen-bond acceptors (Lipinski definition) is 4. The minimum atomic E-state index is -3.49. The number of hydrogen-bond donors (Lipinski definition) is 1. The molecule has 0 saturated carbocycles. The average Bonchev–Trinajstić information content (AvgIpc) is 3.32. The van der Waals surface area contributed by atoms with Gasteiger partial charge in [0.2, 0.25) is 0 Å². The number of fused-ring (bicyclic) bond motifs is 1. The minimum Gasteiger partial charge on any atom is -0.392 e. The van der Waals surface area contributed by atoms with Crippen molar-refractivity contribution in [2.45, 2.75) is 11.5 Å². The molecule has 0 atom stereocenters. The van der Waals surface area contributed by atoms with Crippen molar-refractivity contribution in [1.82, 2.24) is 9.55 Å². The molecule has 1 aromatic heterocycles. The van der Waals surface area contributed by atoms with E-state index in [9.17, 15) is 13.5 Å². The quantitative estimate of drug-likeness (QED) is 0.334. The van der Waals surface area contributed by atoms with Crippen molar-refractivity contribution in [1.29, 1.82) is 0 Å². The van der Waals surface area contributed by atoms with Crippen LogP contribution in [0.1, 0.15) is 5.56 Å². The van der Waals surface area contributed by atoms with Gasteiger partial charge in [-0.05, 0) is 45.7 Å². The first-order chi connectivity index (χ1) is 16.4. The number of rotatable bonds is 5. The van der Waals surface area contributed by atoms with Crippen molar-refractivity contribution in [2.75, 3.05) is 6.26 Å². The van der Waals surface area contributed by atoms with E-state index in [1.807, 2.05) is 53.2 Å². The van der Waals surface area contributed by atoms with Gasteiger partial charge in [-0.3, -0.25) is 4.57 Å². The monoisotopic (exact) mass is 488 g/mol. The number of imidazole rings is 1. The molecule has 5 rings (SSSR count). The Morgan fingerprint density at radius 1 is 0.941 bits per heavy atom. The van der Waals surface area contributed by atoms with Crippen molar-refractivity contribution in [2.24, 2.45) is 0 Å². The van der Waals surface area contributed by atoms with E-state index in [-0.39, 0.29) is 11.5 Å². The smallest absolute Gasteiger partial charge is 0.175 e. The zero-order valence-corrected chi connectivity index (χ0v) is 19.9. The van der Waals surface area contributed by atoms with Gasteiger partial charge < -0.3 is 5.11 Å². The molecule has 0 saturated heterocycles. The fourth-order valence-electron chi connectivity index (χ4n) is 4.21. The van der Waals surface area contributed by atoms with E-state index in [0.717, 1.165) is 39.7 Å². The summed E-state index contributed by atoms with van der Waals surface area (Å²) < 4.78 is 26.3. The predicted octanol–water partition coefficient (Wildman–Crippen LogP) is 5.91. The van der Waals surface area contributed by atoms with Crippen LogP contribution >= 0.6 is 11.6 Å². The summed E-state index contributed by atoms with van der Waals surface area (Å²) in [6.45, 7) is -0.347. The molecule has 4 aromatic carbocycles. The number of nitrogens with zero attached hydrogens (tertiary/aromatic N) is 2. The van der Waals surface area contributed by atoms with Crippen LogP contribution in [0.2, 0.25) is 5.02 Å². The highest BCUT2D eigenvalue weighted by Gasteiger charge is 2.16. The molecule has 0 radical (unpaired) electrons. The molecule has 0 unspecified atom stereocenters. The van der Waals surface area contributed by atoms with Gasteiger partial charge >= 0.3 is 0 Å². The maximum Gasteiger partial charge on any atom is 0.175 e. The number of aliphatic hydroxyl groups is 1. The zero-order valence-electron chi connectivity index (χ0n) is 18.3. The Bertz CT molecular complexity index is 1640. The Hall–Kier alpha value is -3.45. The number of benzene rings is 4. The summed E-state index contributed by atoms with van der Waals surface area (Å²) >= 11 is 6.73. The van der Waals surface area contributed by atoms with Gasteiger partial charge in [0.05, 0.1) is 22.2 Å². The van der Waals surface area contributed by atoms with Crippen molar-refractivity contribution in [3.63, 3.8) is 0 Å². The van der Waals surface area contributed by atoms with Crippen LogP contribution in [0, 0.1) is 0 Å². The molecule has 0 spiro atoms. The third-order valence-electron chi connectivity index (χ3n) is 5.85. The van der Waals surface area contributed by atoms with Crippen LogP contribution in [0.5, 0.6) is 0 Å². The highest BCUT2D eigenvalue weighted by Crippen LogP contribution is 2.34. The maximum atomic E-state index is 12.2. The zero-order chi connectivity index (χ0) is 23.9. The first-order valence-corrected chi connectivity index (χ1v) is 12.9. The normalized spacial score (nSPS) is 11.7. The van der Waals surface area contributed by atoms with Crippen LogP contribution in [-0.2, 0) is 16.4 Å². The molecular weight excluding hydrogens is 468 g/mol. The largest absolute Gasteiger partial charge is 0.392 e. The summed E-state index contributed by atoms with van der Waals surface area (Å²) in [4.78, 5) is 4.72. The summed E-state index contributed by atoms with van der Waals surface area (Å²) in [5.41, 5.74) is 3.61. The first-order valence-electron chi connectivity index (χ1n) is 10.6. The topological polar surface area (TPSA) is 72.2 Å². The van der Waals surface area contributed by atoms with E-state index < -0.39 is 9.84 Å². The molecule has 34 heavy (non-hydrogen) atoms. The summed E-state index contributed by atoms with van der Waals surface area (Å²) in [5.74, 6) is 0.776. The van der Waals surface area contributed by atoms with E-state index >= 15 is 0 Å². The third kappa shape index (κ3) is 4.01. The molecule has 170 valence electrons. The summed E-state index contributed by atoms with van der Waals surface area (Å²) in [7, 11) is -3.49. The van der Waals surface area contributed by atoms with Gasteiger partial charge in [-0.2, -0.15) is 0 Å². The van der Waals surface area contributed by atoms with Gasteiger partial charge in [-0.1, -0.05) is 72.3 Å². The SMILES string of the molecule is CS(=O)(=O)c1cc(-c2ccc(-n3ccnc3-c3cccc4ccccc34)c(Cl)c2)ccc1CO. The second kappa shape index (κ2) is 8.72. The molecule has 1 heterocycles. The number of aliphatic hydroxyl groups excluding tert-OH is 1. The first kappa shape index (κ1) is 22.3. The summed E-state index contributed by atoms with van der Waals surface area (Å²) in [5, 5.41) is 12.3. The highest BCUT2D eigenvalue weighted by atomic mass is 35.5. The van der Waals surface area contributed by atoms with Gasteiger partial charge in [-0.25, -0.2) is 13.4 Å². The summed E-state index contributed by atoms with van der Waals surface area (Å²) in [6.07, 6.45) is 4.75. The minimum absolute atomic E-state index is 0.112. The maximum absolute atomic E-state index is 12.2. The molecule has 1 N–H and O–H groups in total. The molecule has 0 aliphatic carbocycles. The second-order valence-electron chi connectivity index (χ2n) is 8.07. The molecule has 5 nitrogen and oxygen atoms in total. The lowest BCUT2D eigenvalue weighted by atomic mass is 10.0. The molecule has 7 heteroatoms. The Kier molecular flexibility index (Phi) is 5.73. The summed E-state index contributed by atoms with van der Waals surface area (Å²) in [6, 6.07) is 24.9. The Morgan fingerprint density at radius 3 is 2.44 bits per heavy atom. The molecule has 0 amide bonds. The average molecular weight is 489 g/mol. The molecule has 5 aromatic rings. The van der Waals surface area contributed by atoms with Crippen molar-refractivity contribution in [3.8, 4) is 28.2 Å². The second-order valence-corrected chi connectivity index (χ2v) is 10.5. The lowest BCUT2D eigenvalue weighted by Gasteiger charge is -2.14. The van der Waals surface area contributed by atoms with Gasteiger partial charge in [0.1, 0.15) is 5.82 Å². The number of halogens is 1. The standard InChI is InChI=1S/C27H21ClN2O3S/c1-34(32,33)26-16-20(9-10-21(26)17-31)19-11-12-25(24(28)15-19)30-14-13-29-27(30)23-8-4-6-18-5-2-3-7-22(18)23/h2-16,31H,17H2,1H3. The van der Waals surface area contributed by atoms with Crippen molar-refractivity contribution in [3.05, 3.63) is 102 Å². The van der Waals surface area contributed by atoms with E-state index in [1.165, 1.54) is 0 Å². The van der Waals surface area contributed by atoms with Gasteiger partial charge in [-0.15, -0.1) is 0 Å². The van der Waals surface area contributed by atoms with Crippen molar-refractivity contribution < 1.29 is 13.5 Å². The molecule has 0 aliphatic heterocycles. The Morgan fingerprint density at radius 2 is 1.68 bits per heavy atom. The van der Waals surface area contributed by atoms with Gasteiger partial charge in [0.25, 0.3) is 0 Å². The van der Waals surface area contributed by atoms with Crippen LogP contribution in [0.15, 0.2) is 96.2 Å². The fraction of sp³-hybridized carbons (Fsp3) is 0.0741. The highest BCUT2D eigenvalue weighted by molar-refractivity contribution is 7.90. The van der Waals surface area contributed by atoms with E-state index in [1.54, 1.807) is 24.4 Å². The van der Waals surface area contributed by atoms with E-state index in [4.69, 9.17) is 11.6 Å². The molecule has 0 fully saturated rings. The molecule has 0 aliphatic rings. The third-order valence-corrected chi connectivity index (χ3v) is 7.33. The van der Waals surface area contributed by atoms with Gasteiger partial charge in [0, 0.05) is 24.2 Å². The number of aromatic nitrogens is 2. The van der Waals surface area contributed by atoms with E-state index in [0.29, 0.717) is 16.1 Å². The van der Waals surface area contributed by atoms with Crippen LogP contribution in [-0.4, -0.2) is 29.3 Å². The van der Waals surface area contributed by atoms with Crippen LogP contribution in [0.25, 0.3) is 39.0 Å². The Labute approximate surface area is 202 Å². The van der Waals surface area contributed by atoms with Crippen LogP contribution < -0.4 is 0 Å².